The zero-order valence-electron chi connectivity index (χ0n) is 21.5. The molecule has 0 aromatic rings. The fourth-order valence-electron chi connectivity index (χ4n) is 3.89. The van der Waals surface area contributed by atoms with Gasteiger partial charge in [-0.15, -0.1) is 0 Å². The predicted molar refractivity (Wildman–Crippen MR) is 135 cm³/mol. The molecule has 0 rings (SSSR count). The Morgan fingerprint density at radius 2 is 1.00 bits per heavy atom. The van der Waals surface area contributed by atoms with Crippen molar-refractivity contribution >= 4 is 13.6 Å². The van der Waals surface area contributed by atoms with Crippen LogP contribution in [0.15, 0.2) is 0 Å². The summed E-state index contributed by atoms with van der Waals surface area (Å²) in [7, 11) is -3.05. The molecule has 0 heterocycles. The fourth-order valence-corrected chi connectivity index (χ4v) is 5.55. The van der Waals surface area contributed by atoms with Crippen LogP contribution in [-0.4, -0.2) is 32.0 Å². The molecule has 0 N–H and O–H groups in total. The van der Waals surface area contributed by atoms with E-state index in [4.69, 9.17) is 13.8 Å². The van der Waals surface area contributed by atoms with Gasteiger partial charge in [-0.2, -0.15) is 0 Å². The number of hydrogen-bond acceptors (Lipinski definition) is 5. The van der Waals surface area contributed by atoms with Gasteiger partial charge < -0.3 is 13.8 Å². The van der Waals surface area contributed by atoms with E-state index < -0.39 is 7.60 Å². The smallest absolute Gasteiger partial charge is 0.330 e. The van der Waals surface area contributed by atoms with Gasteiger partial charge in [0.2, 0.25) is 0 Å². The van der Waals surface area contributed by atoms with E-state index in [-0.39, 0.29) is 18.6 Å². The second kappa shape index (κ2) is 23.8. The molecule has 0 saturated carbocycles. The molecule has 0 aromatic carbocycles. The Balaban J connectivity index is 3.36. The van der Waals surface area contributed by atoms with Crippen LogP contribution in [0.4, 0.5) is 0 Å². The maximum absolute atomic E-state index is 12.3. The minimum atomic E-state index is -3.05. The van der Waals surface area contributed by atoms with Crippen LogP contribution in [0.3, 0.4) is 0 Å². The lowest BCUT2D eigenvalue weighted by Crippen LogP contribution is -2.08. The number of esters is 1. The van der Waals surface area contributed by atoms with E-state index in [9.17, 15) is 9.36 Å². The molecule has 0 radical (unpaired) electrons. The van der Waals surface area contributed by atoms with Crippen molar-refractivity contribution in [3.63, 3.8) is 0 Å². The van der Waals surface area contributed by atoms with Gasteiger partial charge in [0.15, 0.2) is 0 Å². The summed E-state index contributed by atoms with van der Waals surface area (Å²) in [6, 6.07) is 0. The van der Waals surface area contributed by atoms with Gasteiger partial charge in [0.05, 0.1) is 26.0 Å². The van der Waals surface area contributed by atoms with Gasteiger partial charge in [0.25, 0.3) is 0 Å². The first-order valence-electron chi connectivity index (χ1n) is 13.6. The van der Waals surface area contributed by atoms with Crippen LogP contribution in [0.1, 0.15) is 136 Å². The van der Waals surface area contributed by atoms with Crippen LogP contribution in [0, 0.1) is 0 Å². The van der Waals surface area contributed by atoms with Crippen LogP contribution >= 0.6 is 7.60 Å². The second-order valence-corrected chi connectivity index (χ2v) is 11.0. The molecular formula is C26H53O5P. The first-order valence-corrected chi connectivity index (χ1v) is 15.3. The Bertz CT molecular complexity index is 445. The first-order chi connectivity index (χ1) is 15.6. The summed E-state index contributed by atoms with van der Waals surface area (Å²) in [6.45, 7) is 7.04. The van der Waals surface area contributed by atoms with Crippen molar-refractivity contribution in [3.05, 3.63) is 0 Å². The van der Waals surface area contributed by atoms with Crippen molar-refractivity contribution in [2.75, 3.05) is 26.0 Å². The molecule has 6 heteroatoms. The van der Waals surface area contributed by atoms with Gasteiger partial charge in [-0.25, -0.2) is 0 Å². The minimum absolute atomic E-state index is 0.217. The molecule has 0 saturated heterocycles. The fraction of sp³-hybridized carbons (Fsp3) is 0.962. The third-order valence-corrected chi connectivity index (χ3v) is 7.89. The van der Waals surface area contributed by atoms with Crippen molar-refractivity contribution < 1.29 is 23.1 Å². The molecule has 0 unspecified atom stereocenters. The Morgan fingerprint density at radius 1 is 0.594 bits per heavy atom. The molecule has 0 aromatic heterocycles. The Morgan fingerprint density at radius 3 is 1.41 bits per heavy atom. The van der Waals surface area contributed by atoms with Crippen molar-refractivity contribution in [1.82, 2.24) is 0 Å². The second-order valence-electron chi connectivity index (χ2n) is 8.80. The van der Waals surface area contributed by atoms with Crippen LogP contribution in [0.2, 0.25) is 0 Å². The van der Waals surface area contributed by atoms with Crippen LogP contribution < -0.4 is 0 Å². The number of carbonyl (C=O) groups is 1. The number of rotatable bonds is 25. The largest absolute Gasteiger partial charge is 0.466 e. The summed E-state index contributed by atoms with van der Waals surface area (Å²) < 4.78 is 28.1. The van der Waals surface area contributed by atoms with Crippen LogP contribution in [0.5, 0.6) is 0 Å². The van der Waals surface area contributed by atoms with Gasteiger partial charge in [0.1, 0.15) is 0 Å². The van der Waals surface area contributed by atoms with Gasteiger partial charge in [-0.05, 0) is 26.7 Å². The third-order valence-electron chi connectivity index (χ3n) is 5.73. The normalized spacial score (nSPS) is 11.7. The summed E-state index contributed by atoms with van der Waals surface area (Å²) in [5.41, 5.74) is 0. The lowest BCUT2D eigenvalue weighted by atomic mass is 10.0. The summed E-state index contributed by atoms with van der Waals surface area (Å²) in [4.78, 5) is 11.8. The molecule has 0 spiro atoms. The molecule has 0 amide bonds. The molecule has 5 nitrogen and oxygen atoms in total. The van der Waals surface area contributed by atoms with E-state index in [2.05, 4.69) is 6.92 Å². The standard InChI is InChI=1S/C26H53O5P/c1-4-7-8-9-10-11-12-13-14-15-16-17-18-19-20-21-24-29-26(27)23-22-25-32(28,30-5-2)31-6-3/h4-25H2,1-3H3. The van der Waals surface area contributed by atoms with E-state index in [1.165, 1.54) is 89.9 Å². The predicted octanol–water partition coefficient (Wildman–Crippen LogP) is 8.84. The maximum Gasteiger partial charge on any atom is 0.330 e. The molecule has 192 valence electrons. The highest BCUT2D eigenvalue weighted by molar-refractivity contribution is 7.53. The van der Waals surface area contributed by atoms with Gasteiger partial charge in [-0.3, -0.25) is 9.36 Å². The first kappa shape index (κ1) is 31.6. The average molecular weight is 477 g/mol. The molecular weight excluding hydrogens is 423 g/mol. The van der Waals surface area contributed by atoms with E-state index in [0.717, 1.165) is 12.8 Å². The topological polar surface area (TPSA) is 61.8 Å². The lowest BCUT2D eigenvalue weighted by Gasteiger charge is -2.16. The van der Waals surface area contributed by atoms with Crippen LogP contribution in [-0.2, 0) is 23.1 Å². The lowest BCUT2D eigenvalue weighted by molar-refractivity contribution is -0.143. The quantitative estimate of drug-likeness (QED) is 0.0748. The molecule has 0 aliphatic rings. The molecule has 0 fully saturated rings. The van der Waals surface area contributed by atoms with Crippen molar-refractivity contribution in [1.29, 1.82) is 0 Å². The van der Waals surface area contributed by atoms with Gasteiger partial charge >= 0.3 is 13.6 Å². The summed E-state index contributed by atoms with van der Waals surface area (Å²) in [6.07, 6.45) is 22.3. The molecule has 0 bridgehead atoms. The molecule has 0 aliphatic carbocycles. The van der Waals surface area contributed by atoms with Crippen molar-refractivity contribution in [2.45, 2.75) is 136 Å². The highest BCUT2D eigenvalue weighted by atomic mass is 31.2. The number of hydrogen-bond donors (Lipinski definition) is 0. The minimum Gasteiger partial charge on any atom is -0.466 e. The van der Waals surface area contributed by atoms with Crippen molar-refractivity contribution in [2.24, 2.45) is 0 Å². The van der Waals surface area contributed by atoms with Crippen LogP contribution in [0.25, 0.3) is 0 Å². The van der Waals surface area contributed by atoms with E-state index >= 15 is 0 Å². The monoisotopic (exact) mass is 476 g/mol. The Kier molecular flexibility index (Phi) is 23.5. The van der Waals surface area contributed by atoms with E-state index in [1.807, 2.05) is 0 Å². The van der Waals surface area contributed by atoms with Gasteiger partial charge in [0, 0.05) is 6.42 Å². The Hall–Kier alpha value is -0.380. The molecule has 0 atom stereocenters. The number of ether oxygens (including phenoxy) is 1. The van der Waals surface area contributed by atoms with Crippen molar-refractivity contribution in [3.8, 4) is 0 Å². The van der Waals surface area contributed by atoms with Gasteiger partial charge in [-0.1, -0.05) is 103 Å². The summed E-state index contributed by atoms with van der Waals surface area (Å²) >= 11 is 0. The Labute approximate surface area is 199 Å². The highest BCUT2D eigenvalue weighted by Crippen LogP contribution is 2.48. The van der Waals surface area contributed by atoms with E-state index in [0.29, 0.717) is 26.2 Å². The third kappa shape index (κ3) is 21.5. The zero-order chi connectivity index (χ0) is 23.8. The zero-order valence-corrected chi connectivity index (χ0v) is 22.4. The number of carbonyl (C=O) groups excluding carboxylic acids is 1. The number of unbranched alkanes of at least 4 members (excludes halogenated alkanes) is 15. The average Bonchev–Trinajstić information content (AvgIpc) is 2.76. The van der Waals surface area contributed by atoms with E-state index in [1.54, 1.807) is 13.8 Å². The summed E-state index contributed by atoms with van der Waals surface area (Å²) in [5, 5.41) is 0. The SMILES string of the molecule is CCCCCCCCCCCCCCCCCCOC(=O)CCCP(=O)(OCC)OCC. The highest BCUT2D eigenvalue weighted by Gasteiger charge is 2.23. The molecule has 0 aliphatic heterocycles. The summed E-state index contributed by atoms with van der Waals surface area (Å²) in [5.74, 6) is -0.217. The molecule has 32 heavy (non-hydrogen) atoms. The maximum atomic E-state index is 12.3.